The maximum atomic E-state index is 13.4. The minimum absolute atomic E-state index is 0.0944. The molecular weight excluding hydrogens is 446 g/mol. The van der Waals surface area contributed by atoms with E-state index in [0.29, 0.717) is 23.4 Å². The first-order valence-electron chi connectivity index (χ1n) is 10.1. The Labute approximate surface area is 183 Å². The molecule has 2 aliphatic rings. The van der Waals surface area contributed by atoms with Crippen molar-refractivity contribution in [2.24, 2.45) is 0 Å². The summed E-state index contributed by atoms with van der Waals surface area (Å²) in [6.07, 6.45) is 5.71. The maximum absolute atomic E-state index is 13.4. The summed E-state index contributed by atoms with van der Waals surface area (Å²) in [5.74, 6) is -0.159. The highest BCUT2D eigenvalue weighted by atomic mass is 79.9. The molecule has 0 unspecified atom stereocenters. The Kier molecular flexibility index (Phi) is 5.60. The van der Waals surface area contributed by atoms with Gasteiger partial charge in [-0.2, -0.15) is 5.10 Å². The monoisotopic (exact) mass is 469 g/mol. The number of ketones is 1. The zero-order chi connectivity index (χ0) is 21.4. The fourth-order valence-electron chi connectivity index (χ4n) is 4.21. The largest absolute Gasteiger partial charge is 0.362 e. The molecule has 0 spiro atoms. The van der Waals surface area contributed by atoms with Crippen molar-refractivity contribution in [3.05, 3.63) is 62.8 Å². The maximum Gasteiger partial charge on any atom is 0.255 e. The molecule has 156 valence electrons. The third kappa shape index (κ3) is 3.71. The lowest BCUT2D eigenvalue weighted by Crippen LogP contribution is -2.35. The summed E-state index contributed by atoms with van der Waals surface area (Å²) < 4.78 is 2.68. The molecule has 0 radical (unpaired) electrons. The van der Waals surface area contributed by atoms with E-state index >= 15 is 0 Å². The molecule has 0 bridgehead atoms. The zero-order valence-electron chi connectivity index (χ0n) is 17.3. The molecule has 0 aromatic carbocycles. The highest BCUT2D eigenvalue weighted by Gasteiger charge is 2.39. The van der Waals surface area contributed by atoms with E-state index in [-0.39, 0.29) is 11.7 Å². The van der Waals surface area contributed by atoms with Gasteiger partial charge in [0.05, 0.1) is 5.69 Å². The smallest absolute Gasteiger partial charge is 0.255 e. The summed E-state index contributed by atoms with van der Waals surface area (Å²) in [4.78, 5) is 30.6. The summed E-state index contributed by atoms with van der Waals surface area (Å²) in [5, 5.41) is 10.8. The number of carbonyl (C=O) groups is 2. The van der Waals surface area contributed by atoms with Crippen LogP contribution in [0.25, 0.3) is 0 Å². The van der Waals surface area contributed by atoms with Gasteiger partial charge in [-0.3, -0.25) is 14.3 Å². The van der Waals surface area contributed by atoms with Gasteiger partial charge in [0.2, 0.25) is 0 Å². The molecule has 2 aromatic rings. The molecule has 8 heteroatoms. The summed E-state index contributed by atoms with van der Waals surface area (Å²) in [6.45, 7) is 6.55. The molecular formula is C22H24BrN5O2. The molecule has 0 saturated carbocycles. The van der Waals surface area contributed by atoms with E-state index in [9.17, 15) is 9.59 Å². The number of carbonyl (C=O) groups excluding carboxylic acids is 2. The van der Waals surface area contributed by atoms with Crippen molar-refractivity contribution in [3.63, 3.8) is 0 Å². The van der Waals surface area contributed by atoms with Gasteiger partial charge in [0.1, 0.15) is 5.82 Å². The highest BCUT2D eigenvalue weighted by Crippen LogP contribution is 2.43. The molecule has 1 amide bonds. The summed E-state index contributed by atoms with van der Waals surface area (Å²) in [5.41, 5.74) is 4.64. The average molecular weight is 470 g/mol. The molecule has 2 aromatic heterocycles. The van der Waals surface area contributed by atoms with E-state index in [2.05, 4.69) is 36.6 Å². The minimum Gasteiger partial charge on any atom is -0.362 e. The van der Waals surface area contributed by atoms with Crippen LogP contribution in [0.5, 0.6) is 0 Å². The van der Waals surface area contributed by atoms with Crippen LogP contribution in [0.1, 0.15) is 50.3 Å². The number of halogens is 1. The minimum atomic E-state index is -0.440. The Morgan fingerprint density at radius 3 is 2.80 bits per heavy atom. The molecule has 0 saturated heterocycles. The fourth-order valence-corrected chi connectivity index (χ4v) is 4.44. The van der Waals surface area contributed by atoms with Crippen molar-refractivity contribution < 1.29 is 9.59 Å². The first-order valence-corrected chi connectivity index (χ1v) is 10.9. The van der Waals surface area contributed by atoms with Crippen LogP contribution < -0.4 is 10.6 Å². The Bertz CT molecular complexity index is 1080. The normalized spacial score (nSPS) is 18.9. The number of allylic oxidation sites excluding steroid dienone is 3. The first-order chi connectivity index (χ1) is 14.4. The second-order valence-electron chi connectivity index (χ2n) is 7.61. The fraction of sp³-hybridized carbons (Fsp3) is 0.364. The van der Waals surface area contributed by atoms with E-state index in [1.54, 1.807) is 12.3 Å². The summed E-state index contributed by atoms with van der Waals surface area (Å²) in [6, 6.07) is 3.56. The van der Waals surface area contributed by atoms with Gasteiger partial charge in [-0.15, -0.1) is 0 Å². The number of Topliss-reactive ketones (excluding diaryl/α,β-unsaturated/α-hetero) is 1. The SMILES string of the molecule is CCn1cc([C@H]2C(C(=O)Nc3ccc(Br)cn3)=C(C)NC3=C2C(=O)CCC3)c(C)n1. The van der Waals surface area contributed by atoms with E-state index in [4.69, 9.17) is 0 Å². The van der Waals surface area contributed by atoms with Crippen LogP contribution in [-0.2, 0) is 16.1 Å². The van der Waals surface area contributed by atoms with E-state index in [0.717, 1.165) is 46.5 Å². The Morgan fingerprint density at radius 1 is 1.33 bits per heavy atom. The van der Waals surface area contributed by atoms with Gasteiger partial charge in [-0.05, 0) is 61.7 Å². The summed E-state index contributed by atoms with van der Waals surface area (Å²) in [7, 11) is 0. The van der Waals surface area contributed by atoms with Crippen LogP contribution >= 0.6 is 15.9 Å². The van der Waals surface area contributed by atoms with Crippen molar-refractivity contribution in [1.29, 1.82) is 0 Å². The Hall–Kier alpha value is -2.74. The van der Waals surface area contributed by atoms with Gasteiger partial charge >= 0.3 is 0 Å². The predicted molar refractivity (Wildman–Crippen MR) is 118 cm³/mol. The van der Waals surface area contributed by atoms with Crippen molar-refractivity contribution in [1.82, 2.24) is 20.1 Å². The number of hydrogen-bond acceptors (Lipinski definition) is 5. The quantitative estimate of drug-likeness (QED) is 0.706. The van der Waals surface area contributed by atoms with Gasteiger partial charge < -0.3 is 10.6 Å². The van der Waals surface area contributed by atoms with Gasteiger partial charge in [-0.1, -0.05) is 0 Å². The van der Waals surface area contributed by atoms with E-state index in [1.165, 1.54) is 0 Å². The number of hydrogen-bond donors (Lipinski definition) is 2. The number of amides is 1. The Morgan fingerprint density at radius 2 is 2.13 bits per heavy atom. The van der Waals surface area contributed by atoms with Crippen molar-refractivity contribution in [2.45, 2.75) is 52.5 Å². The topological polar surface area (TPSA) is 88.9 Å². The number of dihydropyridines is 1. The van der Waals surface area contributed by atoms with Crippen LogP contribution in [0.2, 0.25) is 0 Å². The van der Waals surface area contributed by atoms with E-state index in [1.807, 2.05) is 37.7 Å². The van der Waals surface area contributed by atoms with Gasteiger partial charge in [0.25, 0.3) is 5.91 Å². The molecule has 4 rings (SSSR count). The Balaban J connectivity index is 1.80. The molecule has 1 aliphatic carbocycles. The molecule has 30 heavy (non-hydrogen) atoms. The number of nitrogens with zero attached hydrogens (tertiary/aromatic N) is 3. The lowest BCUT2D eigenvalue weighted by molar-refractivity contribution is -0.116. The molecule has 3 heterocycles. The molecule has 1 atom stereocenters. The number of aryl methyl sites for hydroxylation is 2. The number of rotatable bonds is 4. The lowest BCUT2D eigenvalue weighted by atomic mass is 9.75. The standard InChI is InChI=1S/C22H24BrN5O2/c1-4-28-11-15(12(2)27-28)20-19(22(30)26-18-9-8-14(23)10-24-18)13(3)25-16-6-5-7-17(29)21(16)20/h8-11,20,25H,4-7H2,1-3H3,(H,24,26,30)/t20-/m0/s1. The predicted octanol–water partition coefficient (Wildman–Crippen LogP) is 3.98. The number of nitrogens with one attached hydrogen (secondary N) is 2. The number of aromatic nitrogens is 3. The van der Waals surface area contributed by atoms with Crippen LogP contribution in [0, 0.1) is 6.92 Å². The number of anilines is 1. The molecule has 0 fully saturated rings. The van der Waals surface area contributed by atoms with E-state index < -0.39 is 5.92 Å². The van der Waals surface area contributed by atoms with Crippen LogP contribution in [0.4, 0.5) is 5.82 Å². The summed E-state index contributed by atoms with van der Waals surface area (Å²) >= 11 is 3.35. The third-order valence-electron chi connectivity index (χ3n) is 5.61. The second-order valence-corrected chi connectivity index (χ2v) is 8.52. The van der Waals surface area contributed by atoms with Crippen molar-refractivity contribution in [3.8, 4) is 0 Å². The van der Waals surface area contributed by atoms with Crippen LogP contribution in [-0.4, -0.2) is 26.5 Å². The van der Waals surface area contributed by atoms with Crippen molar-refractivity contribution >= 4 is 33.4 Å². The lowest BCUT2D eigenvalue weighted by Gasteiger charge is -2.34. The average Bonchev–Trinajstić information content (AvgIpc) is 3.09. The van der Waals surface area contributed by atoms with Crippen LogP contribution in [0.3, 0.4) is 0 Å². The van der Waals surface area contributed by atoms with Crippen molar-refractivity contribution in [2.75, 3.05) is 5.32 Å². The van der Waals surface area contributed by atoms with Gasteiger partial charge in [0, 0.05) is 63.9 Å². The molecule has 1 aliphatic heterocycles. The highest BCUT2D eigenvalue weighted by molar-refractivity contribution is 9.10. The second kappa shape index (κ2) is 8.18. The third-order valence-corrected chi connectivity index (χ3v) is 6.08. The van der Waals surface area contributed by atoms with Gasteiger partial charge in [0.15, 0.2) is 5.78 Å². The zero-order valence-corrected chi connectivity index (χ0v) is 18.8. The number of pyridine rings is 1. The van der Waals surface area contributed by atoms with Crippen LogP contribution in [0.15, 0.2) is 51.5 Å². The first kappa shape index (κ1) is 20.5. The molecule has 7 nitrogen and oxygen atoms in total. The van der Waals surface area contributed by atoms with Gasteiger partial charge in [-0.25, -0.2) is 4.98 Å². The molecule has 2 N–H and O–H groups in total.